The van der Waals surface area contributed by atoms with Crippen LogP contribution >= 0.6 is 0 Å². The fourth-order valence-corrected chi connectivity index (χ4v) is 8.93. The number of benzene rings is 1. The molecule has 4 nitrogen and oxygen atoms in total. The van der Waals surface area contributed by atoms with Gasteiger partial charge in [-0.25, -0.2) is 0 Å². The normalized spacial score (nSPS) is 45.8. The van der Waals surface area contributed by atoms with Crippen molar-refractivity contribution in [2.24, 2.45) is 22.7 Å². The highest BCUT2D eigenvalue weighted by Gasteiger charge is 2.69. The maximum atomic E-state index is 11.6. The Hall–Kier alpha value is -1.36. The minimum Gasteiger partial charge on any atom is -0.392 e. The minimum atomic E-state index is -0.933. The van der Waals surface area contributed by atoms with E-state index in [1.165, 1.54) is 28.6 Å². The van der Waals surface area contributed by atoms with Crippen molar-refractivity contribution in [2.75, 3.05) is 0 Å². The van der Waals surface area contributed by atoms with E-state index in [0.717, 1.165) is 25.7 Å². The zero-order chi connectivity index (χ0) is 22.7. The summed E-state index contributed by atoms with van der Waals surface area (Å²) in [6.07, 6.45) is 5.33. The van der Waals surface area contributed by atoms with Crippen molar-refractivity contribution < 1.29 is 14.9 Å². The molecule has 8 atom stereocenters. The van der Waals surface area contributed by atoms with Gasteiger partial charge in [-0.3, -0.25) is 0 Å². The summed E-state index contributed by atoms with van der Waals surface area (Å²) in [6, 6.07) is 8.77. The summed E-state index contributed by atoms with van der Waals surface area (Å²) >= 11 is 0. The van der Waals surface area contributed by atoms with Gasteiger partial charge in [0.2, 0.25) is 0 Å². The summed E-state index contributed by atoms with van der Waals surface area (Å²) < 4.78 is 6.57. The fraction of sp³-hybridized carbons (Fsp3) is 0.714. The van der Waals surface area contributed by atoms with Crippen LogP contribution in [0.25, 0.3) is 10.9 Å². The first-order chi connectivity index (χ1) is 15.0. The van der Waals surface area contributed by atoms with E-state index in [1.807, 2.05) is 13.8 Å². The third-order valence-electron chi connectivity index (χ3n) is 11.0. The number of rotatable bonds is 1. The molecule has 2 saturated carbocycles. The molecule has 6 rings (SSSR count). The van der Waals surface area contributed by atoms with Crippen LogP contribution in [0, 0.1) is 22.7 Å². The summed E-state index contributed by atoms with van der Waals surface area (Å²) in [6.45, 7) is 10.9. The molecule has 32 heavy (non-hydrogen) atoms. The third kappa shape index (κ3) is 2.39. The molecule has 1 aromatic heterocycles. The lowest BCUT2D eigenvalue weighted by molar-refractivity contribution is -0.280. The Morgan fingerprint density at radius 1 is 1.09 bits per heavy atom. The molecule has 3 aliphatic carbocycles. The van der Waals surface area contributed by atoms with Crippen LogP contribution in [0.2, 0.25) is 0 Å². The number of aromatic nitrogens is 1. The van der Waals surface area contributed by atoms with E-state index in [4.69, 9.17) is 4.74 Å². The first-order valence-electron chi connectivity index (χ1n) is 12.7. The monoisotopic (exact) mass is 437 g/mol. The molecule has 4 aliphatic rings. The maximum Gasteiger partial charge on any atom is 0.0885 e. The average molecular weight is 438 g/mol. The molecule has 1 saturated heterocycles. The van der Waals surface area contributed by atoms with Gasteiger partial charge in [0.05, 0.1) is 23.9 Å². The van der Waals surface area contributed by atoms with Gasteiger partial charge in [-0.1, -0.05) is 39.0 Å². The van der Waals surface area contributed by atoms with Gasteiger partial charge < -0.3 is 19.9 Å². The van der Waals surface area contributed by atoms with Gasteiger partial charge in [-0.05, 0) is 74.8 Å². The lowest BCUT2D eigenvalue weighted by Gasteiger charge is -2.67. The average Bonchev–Trinajstić information content (AvgIpc) is 3.23. The molecule has 3 fully saturated rings. The van der Waals surface area contributed by atoms with Gasteiger partial charge in [0, 0.05) is 33.8 Å². The van der Waals surface area contributed by atoms with Crippen LogP contribution in [0.5, 0.6) is 0 Å². The molecule has 1 aliphatic heterocycles. The van der Waals surface area contributed by atoms with Gasteiger partial charge in [-0.15, -0.1) is 0 Å². The number of hydrogen-bond acceptors (Lipinski definition) is 3. The van der Waals surface area contributed by atoms with E-state index in [9.17, 15) is 10.2 Å². The Morgan fingerprint density at radius 3 is 2.59 bits per heavy atom. The number of H-pyrrole nitrogens is 1. The second-order valence-corrected chi connectivity index (χ2v) is 12.6. The molecule has 0 unspecified atom stereocenters. The van der Waals surface area contributed by atoms with E-state index in [2.05, 4.69) is 50.0 Å². The largest absolute Gasteiger partial charge is 0.392 e. The SMILES string of the molecule is CC(C)(O)[C@@H]1C[C@H](O)[C@@]2(C)[C@H](CC[C@]3(C)[C@@H]2CC[C@@H]2Cc4c([nH]c5ccccc45)[C@]23C)O1. The standard InChI is InChI=1S/C28H39NO3/c1-25(2,31)23-15-21(30)27(4)20-11-10-16-14-18-17-8-6-7-9-19(17)29-24(18)28(16,5)26(20,3)13-12-22(27)32-23/h6-9,16,20-23,29-31H,10-15H2,1-5H3/t16-,20+,21+,22+,23+,26-,27+,28+/m1/s1. The number of fused-ring (bicyclic) bond motifs is 9. The molecule has 4 heteroatoms. The molecule has 174 valence electrons. The summed E-state index contributed by atoms with van der Waals surface area (Å²) in [7, 11) is 0. The highest BCUT2D eigenvalue weighted by molar-refractivity contribution is 5.86. The molecule has 0 spiro atoms. The summed E-state index contributed by atoms with van der Waals surface area (Å²) in [5, 5.41) is 23.6. The number of para-hydroxylation sites is 1. The van der Waals surface area contributed by atoms with Crippen molar-refractivity contribution in [1.82, 2.24) is 4.98 Å². The summed E-state index contributed by atoms with van der Waals surface area (Å²) in [5.41, 5.74) is 3.21. The van der Waals surface area contributed by atoms with Crippen molar-refractivity contribution in [3.8, 4) is 0 Å². The van der Waals surface area contributed by atoms with Gasteiger partial charge in [0.1, 0.15) is 0 Å². The van der Waals surface area contributed by atoms with Gasteiger partial charge in [-0.2, -0.15) is 0 Å². The van der Waals surface area contributed by atoms with E-state index < -0.39 is 11.7 Å². The van der Waals surface area contributed by atoms with Gasteiger partial charge in [0.25, 0.3) is 0 Å². The molecule has 3 N–H and O–H groups in total. The molecular formula is C28H39NO3. The number of aromatic amines is 1. The summed E-state index contributed by atoms with van der Waals surface area (Å²) in [5.74, 6) is 1.05. The smallest absolute Gasteiger partial charge is 0.0885 e. The van der Waals surface area contributed by atoms with Crippen LogP contribution in [0.4, 0.5) is 0 Å². The van der Waals surface area contributed by atoms with Gasteiger partial charge in [0.15, 0.2) is 0 Å². The molecular weight excluding hydrogens is 398 g/mol. The van der Waals surface area contributed by atoms with Crippen molar-refractivity contribution in [2.45, 2.75) is 102 Å². The van der Waals surface area contributed by atoms with Crippen LogP contribution in [-0.2, 0) is 16.6 Å². The van der Waals surface area contributed by atoms with Crippen LogP contribution in [-0.4, -0.2) is 39.1 Å². The molecule has 1 aromatic carbocycles. The first-order valence-corrected chi connectivity index (χ1v) is 12.7. The Morgan fingerprint density at radius 2 is 1.84 bits per heavy atom. The zero-order valence-corrected chi connectivity index (χ0v) is 20.2. The second kappa shape index (κ2) is 6.40. The number of hydrogen-bond donors (Lipinski definition) is 3. The molecule has 0 amide bonds. The van der Waals surface area contributed by atoms with E-state index in [1.54, 1.807) is 0 Å². The van der Waals surface area contributed by atoms with Crippen LogP contribution in [0.3, 0.4) is 0 Å². The van der Waals surface area contributed by atoms with Crippen molar-refractivity contribution in [3.63, 3.8) is 0 Å². The van der Waals surface area contributed by atoms with Crippen molar-refractivity contribution in [3.05, 3.63) is 35.5 Å². The maximum absolute atomic E-state index is 11.6. The lowest BCUT2D eigenvalue weighted by atomic mass is 9.39. The minimum absolute atomic E-state index is 0.00416. The van der Waals surface area contributed by atoms with Crippen LogP contribution in [0.1, 0.15) is 78.0 Å². The Kier molecular flexibility index (Phi) is 4.24. The fourth-order valence-electron chi connectivity index (χ4n) is 8.93. The quantitative estimate of drug-likeness (QED) is 0.581. The van der Waals surface area contributed by atoms with Crippen molar-refractivity contribution in [1.29, 1.82) is 0 Å². The van der Waals surface area contributed by atoms with E-state index in [0.29, 0.717) is 18.3 Å². The Labute approximate surface area is 191 Å². The topological polar surface area (TPSA) is 65.5 Å². The molecule has 2 heterocycles. The predicted molar refractivity (Wildman–Crippen MR) is 127 cm³/mol. The van der Waals surface area contributed by atoms with E-state index >= 15 is 0 Å². The molecule has 0 radical (unpaired) electrons. The third-order valence-corrected chi connectivity index (χ3v) is 11.0. The second-order valence-electron chi connectivity index (χ2n) is 12.6. The first kappa shape index (κ1) is 21.2. The number of ether oxygens (including phenoxy) is 1. The highest BCUT2D eigenvalue weighted by atomic mass is 16.5. The van der Waals surface area contributed by atoms with Gasteiger partial charge >= 0.3 is 0 Å². The lowest BCUT2D eigenvalue weighted by Crippen LogP contribution is -2.68. The Balaban J connectivity index is 1.44. The van der Waals surface area contributed by atoms with Crippen LogP contribution in [0.15, 0.2) is 24.3 Å². The highest BCUT2D eigenvalue weighted by Crippen LogP contribution is 2.71. The zero-order valence-electron chi connectivity index (χ0n) is 20.2. The molecule has 2 aromatic rings. The van der Waals surface area contributed by atoms with Crippen molar-refractivity contribution >= 4 is 10.9 Å². The number of aliphatic hydroxyl groups is 2. The summed E-state index contributed by atoms with van der Waals surface area (Å²) in [4.78, 5) is 3.87. The number of aliphatic hydroxyl groups excluding tert-OH is 1. The number of nitrogens with one attached hydrogen (secondary N) is 1. The van der Waals surface area contributed by atoms with E-state index in [-0.39, 0.29) is 28.5 Å². The Bertz CT molecular complexity index is 1070. The predicted octanol–water partition coefficient (Wildman–Crippen LogP) is 5.10. The molecule has 0 bridgehead atoms. The van der Waals surface area contributed by atoms with Crippen LogP contribution < -0.4 is 0 Å².